The van der Waals surface area contributed by atoms with Gasteiger partial charge in [-0.2, -0.15) is 0 Å². The van der Waals surface area contributed by atoms with Gasteiger partial charge in [0.2, 0.25) is 0 Å². The van der Waals surface area contributed by atoms with Crippen molar-refractivity contribution in [3.8, 4) is 11.3 Å². The van der Waals surface area contributed by atoms with Gasteiger partial charge in [-0.3, -0.25) is 0 Å². The summed E-state index contributed by atoms with van der Waals surface area (Å²) in [4.78, 5) is 0. The van der Waals surface area contributed by atoms with Gasteiger partial charge in [0.05, 0.1) is 5.56 Å². The van der Waals surface area contributed by atoms with Crippen LogP contribution in [0.4, 0.5) is 4.39 Å². The Labute approximate surface area is 85.5 Å². The molecule has 0 saturated carbocycles. The summed E-state index contributed by atoms with van der Waals surface area (Å²) in [6.45, 7) is 0. The van der Waals surface area contributed by atoms with E-state index in [1.165, 1.54) is 6.07 Å². The molecular formula is C11H8FNO2. The predicted octanol–water partition coefficient (Wildman–Crippen LogP) is 2.89. The van der Waals surface area contributed by atoms with Crippen LogP contribution in [0.25, 0.3) is 11.3 Å². The Morgan fingerprint density at radius 1 is 1.20 bits per heavy atom. The highest BCUT2D eigenvalue weighted by Crippen LogP contribution is 2.23. The van der Waals surface area contributed by atoms with Gasteiger partial charge in [0, 0.05) is 0 Å². The van der Waals surface area contributed by atoms with E-state index in [0.717, 1.165) is 6.21 Å². The van der Waals surface area contributed by atoms with Crippen LogP contribution in [-0.4, -0.2) is 11.4 Å². The Morgan fingerprint density at radius 3 is 2.73 bits per heavy atom. The van der Waals surface area contributed by atoms with E-state index in [-0.39, 0.29) is 5.82 Å². The summed E-state index contributed by atoms with van der Waals surface area (Å²) in [6.07, 6.45) is 1.14. The zero-order chi connectivity index (χ0) is 10.7. The molecule has 0 aliphatic rings. The first-order valence-corrected chi connectivity index (χ1v) is 4.33. The van der Waals surface area contributed by atoms with Crippen LogP contribution >= 0.6 is 0 Å². The van der Waals surface area contributed by atoms with E-state index in [1.54, 1.807) is 30.3 Å². The van der Waals surface area contributed by atoms with Crippen LogP contribution in [0, 0.1) is 5.82 Å². The molecule has 15 heavy (non-hydrogen) atoms. The van der Waals surface area contributed by atoms with Crippen LogP contribution in [0.3, 0.4) is 0 Å². The smallest absolute Gasteiger partial charge is 0.149 e. The monoisotopic (exact) mass is 205 g/mol. The van der Waals surface area contributed by atoms with E-state index in [0.29, 0.717) is 17.1 Å². The van der Waals surface area contributed by atoms with Crippen molar-refractivity contribution in [3.63, 3.8) is 0 Å². The van der Waals surface area contributed by atoms with Gasteiger partial charge < -0.3 is 9.62 Å². The van der Waals surface area contributed by atoms with Crippen molar-refractivity contribution in [3.05, 3.63) is 48.0 Å². The molecule has 4 heteroatoms. The lowest BCUT2D eigenvalue weighted by atomic mass is 10.1. The third kappa shape index (κ3) is 1.88. The maximum absolute atomic E-state index is 13.3. The first kappa shape index (κ1) is 9.45. The summed E-state index contributed by atoms with van der Waals surface area (Å²) in [5, 5.41) is 11.1. The van der Waals surface area contributed by atoms with Crippen molar-refractivity contribution in [2.24, 2.45) is 5.16 Å². The maximum Gasteiger partial charge on any atom is 0.149 e. The van der Waals surface area contributed by atoms with Gasteiger partial charge in [-0.1, -0.05) is 17.3 Å². The molecule has 0 unspecified atom stereocenters. The van der Waals surface area contributed by atoms with Crippen molar-refractivity contribution >= 4 is 6.21 Å². The lowest BCUT2D eigenvalue weighted by Gasteiger charge is -1.97. The van der Waals surface area contributed by atoms with E-state index in [2.05, 4.69) is 5.16 Å². The highest BCUT2D eigenvalue weighted by atomic mass is 19.1. The lowest BCUT2D eigenvalue weighted by molar-refractivity contribution is 0.321. The summed E-state index contributed by atoms with van der Waals surface area (Å²) < 4.78 is 18.6. The molecule has 0 bridgehead atoms. The molecule has 2 rings (SSSR count). The Balaban J connectivity index is 2.42. The van der Waals surface area contributed by atoms with Gasteiger partial charge in [-0.15, -0.1) is 0 Å². The van der Waals surface area contributed by atoms with E-state index in [9.17, 15) is 4.39 Å². The van der Waals surface area contributed by atoms with Gasteiger partial charge in [-0.25, -0.2) is 4.39 Å². The minimum Gasteiger partial charge on any atom is -0.455 e. The molecule has 0 spiro atoms. The highest BCUT2D eigenvalue weighted by Gasteiger charge is 2.07. The lowest BCUT2D eigenvalue weighted by Crippen LogP contribution is -1.80. The van der Waals surface area contributed by atoms with E-state index >= 15 is 0 Å². The van der Waals surface area contributed by atoms with Crippen molar-refractivity contribution in [1.82, 2.24) is 0 Å². The minimum absolute atomic E-state index is 0.348. The number of benzene rings is 1. The Hall–Kier alpha value is -2.10. The zero-order valence-corrected chi connectivity index (χ0v) is 7.72. The molecular weight excluding hydrogens is 197 g/mol. The van der Waals surface area contributed by atoms with Crippen LogP contribution in [-0.2, 0) is 0 Å². The summed E-state index contributed by atoms with van der Waals surface area (Å²) in [6, 6.07) is 9.53. The molecule has 1 aromatic carbocycles. The number of hydrogen-bond donors (Lipinski definition) is 1. The molecule has 1 heterocycles. The largest absolute Gasteiger partial charge is 0.455 e. The number of oxime groups is 1. The topological polar surface area (TPSA) is 45.7 Å². The second kappa shape index (κ2) is 3.96. The number of hydrogen-bond acceptors (Lipinski definition) is 3. The number of furan rings is 1. The molecule has 1 N–H and O–H groups in total. The van der Waals surface area contributed by atoms with Crippen LogP contribution in [0.1, 0.15) is 5.76 Å². The number of nitrogens with zero attached hydrogens (tertiary/aromatic N) is 1. The molecule has 0 aliphatic carbocycles. The third-order valence-electron chi connectivity index (χ3n) is 1.95. The summed E-state index contributed by atoms with van der Waals surface area (Å²) in [5.74, 6) is 0.429. The first-order valence-electron chi connectivity index (χ1n) is 4.33. The molecule has 0 aliphatic heterocycles. The predicted molar refractivity (Wildman–Crippen MR) is 53.5 cm³/mol. The van der Waals surface area contributed by atoms with Crippen LogP contribution in [0.5, 0.6) is 0 Å². The normalized spacial score (nSPS) is 11.0. The average molecular weight is 205 g/mol. The quantitative estimate of drug-likeness (QED) is 0.465. The fourth-order valence-electron chi connectivity index (χ4n) is 1.28. The number of halogens is 1. The second-order valence-electron chi connectivity index (χ2n) is 2.93. The average Bonchev–Trinajstić information content (AvgIpc) is 2.68. The SMILES string of the molecule is O/N=C/c1ccc(-c2ccccc2F)o1. The second-order valence-corrected chi connectivity index (χ2v) is 2.93. The van der Waals surface area contributed by atoms with Crippen molar-refractivity contribution < 1.29 is 14.0 Å². The zero-order valence-electron chi connectivity index (χ0n) is 7.72. The van der Waals surface area contributed by atoms with E-state index in [1.807, 2.05) is 0 Å². The highest BCUT2D eigenvalue weighted by molar-refractivity contribution is 5.76. The van der Waals surface area contributed by atoms with Gasteiger partial charge in [-0.05, 0) is 24.3 Å². The standard InChI is InChI=1S/C11H8FNO2/c12-10-4-2-1-3-9(10)11-6-5-8(15-11)7-13-14/h1-7,14H/b13-7+. The van der Waals surface area contributed by atoms with Crippen molar-refractivity contribution in [2.45, 2.75) is 0 Å². The molecule has 0 fully saturated rings. The van der Waals surface area contributed by atoms with Crippen LogP contribution in [0.15, 0.2) is 46.0 Å². The Bertz CT molecular complexity index is 491. The van der Waals surface area contributed by atoms with E-state index in [4.69, 9.17) is 9.62 Å². The van der Waals surface area contributed by atoms with Crippen LogP contribution in [0.2, 0.25) is 0 Å². The summed E-state index contributed by atoms with van der Waals surface area (Å²) in [7, 11) is 0. The molecule has 1 aromatic heterocycles. The van der Waals surface area contributed by atoms with Gasteiger partial charge in [0.15, 0.2) is 0 Å². The fraction of sp³-hybridized carbons (Fsp3) is 0. The minimum atomic E-state index is -0.348. The summed E-state index contributed by atoms with van der Waals surface area (Å²) >= 11 is 0. The van der Waals surface area contributed by atoms with Crippen LogP contribution < -0.4 is 0 Å². The molecule has 0 radical (unpaired) electrons. The molecule has 0 atom stereocenters. The Morgan fingerprint density at radius 2 is 2.00 bits per heavy atom. The molecule has 0 amide bonds. The molecule has 2 aromatic rings. The number of rotatable bonds is 2. The van der Waals surface area contributed by atoms with Crippen molar-refractivity contribution in [2.75, 3.05) is 0 Å². The molecule has 3 nitrogen and oxygen atoms in total. The molecule has 0 saturated heterocycles. The Kier molecular flexibility index (Phi) is 2.49. The van der Waals surface area contributed by atoms with Gasteiger partial charge in [0.1, 0.15) is 23.6 Å². The fourth-order valence-corrected chi connectivity index (χ4v) is 1.28. The molecule has 76 valence electrons. The first-order chi connectivity index (χ1) is 7.31. The van der Waals surface area contributed by atoms with E-state index < -0.39 is 0 Å². The summed E-state index contributed by atoms with van der Waals surface area (Å²) in [5.41, 5.74) is 0.384. The van der Waals surface area contributed by atoms with Crippen molar-refractivity contribution in [1.29, 1.82) is 0 Å². The maximum atomic E-state index is 13.3. The van der Waals surface area contributed by atoms with Gasteiger partial charge >= 0.3 is 0 Å². The third-order valence-corrected chi connectivity index (χ3v) is 1.95. The van der Waals surface area contributed by atoms with Gasteiger partial charge in [0.25, 0.3) is 0 Å².